The highest BCUT2D eigenvalue weighted by Crippen LogP contribution is 2.16. The summed E-state index contributed by atoms with van der Waals surface area (Å²) in [4.78, 5) is 38.4. The number of hydrogen-bond donors (Lipinski definition) is 0. The molecule has 0 rings (SSSR count). The molecule has 0 saturated heterocycles. The van der Waals surface area contributed by atoms with Gasteiger partial charge < -0.3 is 14.2 Å². The van der Waals surface area contributed by atoms with Crippen LogP contribution in [0.25, 0.3) is 0 Å². The van der Waals surface area contributed by atoms with E-state index in [-0.39, 0.29) is 31.1 Å². The summed E-state index contributed by atoms with van der Waals surface area (Å²) in [5, 5.41) is 0. The van der Waals surface area contributed by atoms with E-state index in [1.54, 1.807) is 0 Å². The lowest BCUT2D eigenvalue weighted by atomic mass is 10.0. The maximum atomic E-state index is 12.9. The molecule has 6 heteroatoms. The van der Waals surface area contributed by atoms with Crippen LogP contribution in [0, 0.1) is 0 Å². The molecule has 0 saturated carbocycles. The molecule has 0 fully saturated rings. The molecule has 0 N–H and O–H groups in total. The summed E-state index contributed by atoms with van der Waals surface area (Å²) >= 11 is 0. The predicted molar refractivity (Wildman–Crippen MR) is 353 cm³/mol. The first-order valence-corrected chi connectivity index (χ1v) is 33.7. The molecule has 0 bridgehead atoms. The van der Waals surface area contributed by atoms with Gasteiger partial charge in [-0.25, -0.2) is 0 Å². The monoisotopic (exact) mass is 1120 g/mol. The van der Waals surface area contributed by atoms with Crippen molar-refractivity contribution < 1.29 is 28.6 Å². The molecule has 1 atom stereocenters. The summed E-state index contributed by atoms with van der Waals surface area (Å²) < 4.78 is 16.9. The molecule has 0 aliphatic carbocycles. The average Bonchev–Trinajstić information content (AvgIpc) is 3.46. The number of ether oxygens (including phenoxy) is 3. The lowest BCUT2D eigenvalue weighted by Crippen LogP contribution is -2.30. The van der Waals surface area contributed by atoms with Crippen molar-refractivity contribution in [1.29, 1.82) is 0 Å². The fourth-order valence-corrected chi connectivity index (χ4v) is 9.14. The van der Waals surface area contributed by atoms with Crippen LogP contribution in [0.15, 0.2) is 134 Å². The predicted octanol–water partition coefficient (Wildman–Crippen LogP) is 23.3. The quantitative estimate of drug-likeness (QED) is 0.0261. The molecule has 81 heavy (non-hydrogen) atoms. The van der Waals surface area contributed by atoms with Crippen molar-refractivity contribution in [3.63, 3.8) is 0 Å². The first-order valence-electron chi connectivity index (χ1n) is 33.7. The molecule has 0 heterocycles. The van der Waals surface area contributed by atoms with Crippen molar-refractivity contribution in [3.05, 3.63) is 134 Å². The minimum atomic E-state index is -0.795. The van der Waals surface area contributed by atoms with Crippen molar-refractivity contribution in [3.8, 4) is 0 Å². The van der Waals surface area contributed by atoms with Gasteiger partial charge in [0.15, 0.2) is 6.10 Å². The maximum Gasteiger partial charge on any atom is 0.306 e. The molecule has 0 spiro atoms. The van der Waals surface area contributed by atoms with Gasteiger partial charge >= 0.3 is 17.9 Å². The van der Waals surface area contributed by atoms with E-state index < -0.39 is 6.10 Å². The van der Waals surface area contributed by atoms with Gasteiger partial charge in [0, 0.05) is 19.3 Å². The fourth-order valence-electron chi connectivity index (χ4n) is 9.14. The Morgan fingerprint density at radius 1 is 0.259 bits per heavy atom. The second-order valence-electron chi connectivity index (χ2n) is 22.0. The van der Waals surface area contributed by atoms with Crippen LogP contribution in [0.5, 0.6) is 0 Å². The van der Waals surface area contributed by atoms with Crippen LogP contribution in [0.2, 0.25) is 0 Å². The normalized spacial score (nSPS) is 13.0. The Morgan fingerprint density at radius 3 is 0.765 bits per heavy atom. The van der Waals surface area contributed by atoms with Crippen LogP contribution >= 0.6 is 0 Å². The first-order chi connectivity index (χ1) is 40.0. The summed E-state index contributed by atoms with van der Waals surface area (Å²) in [5.74, 6) is -0.909. The number of allylic oxidation sites excluding steroid dienone is 22. The zero-order valence-corrected chi connectivity index (χ0v) is 52.8. The standard InChI is InChI=1S/C75H124O6/c1-4-7-10-13-16-19-22-25-27-29-31-33-35-37-39-41-43-45-47-50-53-56-59-62-65-68-74(77)80-71-72(70-79-73(76)67-64-61-58-55-52-49-24-21-18-15-12-9-6-3)81-75(78)69-66-63-60-57-54-51-48-46-44-42-40-38-36-34-32-30-28-26-23-20-17-14-11-8-5-2/h7-8,10-11,16-17,19-21,24-28,31-34,37,39,43,45,72H,4-6,9,12-15,18,22-23,29-30,35-36,38,40-42,44,46-71H2,1-3H3/b10-7-,11-8-,19-16-,20-17-,24-21-,27-25-,28-26-,33-31-,34-32-,39-37-,45-43-. The number of unbranched alkanes of at least 4 members (excludes halogenated alkanes) is 27. The topological polar surface area (TPSA) is 78.9 Å². The third-order valence-corrected chi connectivity index (χ3v) is 14.1. The summed E-state index contributed by atoms with van der Waals surface area (Å²) in [7, 11) is 0. The van der Waals surface area contributed by atoms with Gasteiger partial charge in [-0.05, 0) is 135 Å². The van der Waals surface area contributed by atoms with E-state index in [0.29, 0.717) is 19.3 Å². The molecule has 1 unspecified atom stereocenters. The van der Waals surface area contributed by atoms with Gasteiger partial charge in [0.2, 0.25) is 0 Å². The van der Waals surface area contributed by atoms with Crippen molar-refractivity contribution in [2.45, 2.75) is 309 Å². The lowest BCUT2D eigenvalue weighted by molar-refractivity contribution is -0.167. The van der Waals surface area contributed by atoms with Crippen LogP contribution in [0.4, 0.5) is 0 Å². The molecule has 0 aromatic rings. The van der Waals surface area contributed by atoms with Crippen molar-refractivity contribution in [1.82, 2.24) is 0 Å². The summed E-state index contributed by atoms with van der Waals surface area (Å²) in [6.07, 6.45) is 96.0. The SMILES string of the molecule is CC/C=C\C/C=C\C/C=C\C/C=C\C/C=C\C/C=C\CCCCCCCCC(=O)OCC(COC(=O)CCCCCCC/C=C\CCCCCC)OC(=O)CCCCCCCCCCCCCC/C=C\C/C=C\C/C=C\C/C=C\CC. The molecule has 0 aromatic heterocycles. The zero-order valence-electron chi connectivity index (χ0n) is 52.8. The highest BCUT2D eigenvalue weighted by Gasteiger charge is 2.19. The van der Waals surface area contributed by atoms with Crippen LogP contribution in [-0.2, 0) is 28.6 Å². The van der Waals surface area contributed by atoms with Gasteiger partial charge in [-0.3, -0.25) is 14.4 Å². The number of carbonyl (C=O) groups excluding carboxylic acids is 3. The van der Waals surface area contributed by atoms with Gasteiger partial charge in [0.05, 0.1) is 0 Å². The second-order valence-corrected chi connectivity index (χ2v) is 22.0. The van der Waals surface area contributed by atoms with Crippen molar-refractivity contribution >= 4 is 17.9 Å². The Kier molecular flexibility index (Phi) is 64.3. The van der Waals surface area contributed by atoms with Gasteiger partial charge in [0.1, 0.15) is 13.2 Å². The van der Waals surface area contributed by atoms with Crippen LogP contribution in [0.3, 0.4) is 0 Å². The second kappa shape index (κ2) is 68.1. The van der Waals surface area contributed by atoms with Crippen LogP contribution < -0.4 is 0 Å². The van der Waals surface area contributed by atoms with Gasteiger partial charge in [-0.15, -0.1) is 0 Å². The van der Waals surface area contributed by atoms with E-state index in [1.807, 2.05) is 0 Å². The smallest absolute Gasteiger partial charge is 0.306 e. The van der Waals surface area contributed by atoms with E-state index in [0.717, 1.165) is 141 Å². The van der Waals surface area contributed by atoms with E-state index >= 15 is 0 Å². The Balaban J connectivity index is 4.37. The number of rotatable bonds is 60. The van der Waals surface area contributed by atoms with Crippen molar-refractivity contribution in [2.24, 2.45) is 0 Å². The largest absolute Gasteiger partial charge is 0.462 e. The van der Waals surface area contributed by atoms with Gasteiger partial charge in [-0.2, -0.15) is 0 Å². The van der Waals surface area contributed by atoms with Crippen LogP contribution in [0.1, 0.15) is 303 Å². The van der Waals surface area contributed by atoms with Gasteiger partial charge in [-0.1, -0.05) is 283 Å². The summed E-state index contributed by atoms with van der Waals surface area (Å²) in [5.41, 5.74) is 0. The Hall–Kier alpha value is -4.45. The molecule has 6 nitrogen and oxygen atoms in total. The molecule has 0 radical (unpaired) electrons. The Labute approximate surface area is 500 Å². The third kappa shape index (κ3) is 66.2. The molecule has 0 aliphatic rings. The number of hydrogen-bond acceptors (Lipinski definition) is 6. The Morgan fingerprint density at radius 2 is 0.481 bits per heavy atom. The zero-order chi connectivity index (χ0) is 58.5. The van der Waals surface area contributed by atoms with Crippen LogP contribution in [-0.4, -0.2) is 37.2 Å². The first kappa shape index (κ1) is 76.5. The Bertz CT molecular complexity index is 1720. The van der Waals surface area contributed by atoms with E-state index in [1.165, 1.54) is 122 Å². The molecule has 0 aliphatic heterocycles. The fraction of sp³-hybridized carbons (Fsp3) is 0.667. The average molecular weight is 1120 g/mol. The molecule has 0 amide bonds. The third-order valence-electron chi connectivity index (χ3n) is 14.1. The van der Waals surface area contributed by atoms with E-state index in [4.69, 9.17) is 14.2 Å². The van der Waals surface area contributed by atoms with Crippen molar-refractivity contribution in [2.75, 3.05) is 13.2 Å². The highest BCUT2D eigenvalue weighted by molar-refractivity contribution is 5.71. The van der Waals surface area contributed by atoms with E-state index in [9.17, 15) is 14.4 Å². The molecular weight excluding hydrogens is 997 g/mol. The molecular formula is C75H124O6. The highest BCUT2D eigenvalue weighted by atomic mass is 16.6. The molecule has 460 valence electrons. The molecule has 0 aromatic carbocycles. The van der Waals surface area contributed by atoms with Gasteiger partial charge in [0.25, 0.3) is 0 Å². The number of carbonyl (C=O) groups is 3. The lowest BCUT2D eigenvalue weighted by Gasteiger charge is -2.18. The minimum absolute atomic E-state index is 0.0900. The minimum Gasteiger partial charge on any atom is -0.462 e. The summed E-state index contributed by atoms with van der Waals surface area (Å²) in [6, 6.07) is 0. The number of esters is 3. The van der Waals surface area contributed by atoms with E-state index in [2.05, 4.69) is 154 Å². The maximum absolute atomic E-state index is 12.9. The summed E-state index contributed by atoms with van der Waals surface area (Å²) in [6.45, 7) is 6.39.